The molecule has 128 valence electrons. The second-order valence-electron chi connectivity index (χ2n) is 6.04. The number of rotatable bonds is 3. The molecule has 3 heterocycles. The molecule has 0 bridgehead atoms. The van der Waals surface area contributed by atoms with E-state index in [1.54, 1.807) is 34.8 Å². The molecule has 1 aliphatic heterocycles. The summed E-state index contributed by atoms with van der Waals surface area (Å²) in [6.45, 7) is 1.95. The molecule has 1 aliphatic rings. The van der Waals surface area contributed by atoms with Crippen LogP contribution in [0.1, 0.15) is 34.5 Å². The van der Waals surface area contributed by atoms with Gasteiger partial charge in [0.25, 0.3) is 5.91 Å². The van der Waals surface area contributed by atoms with Gasteiger partial charge in [0.1, 0.15) is 6.04 Å². The Bertz CT molecular complexity index is 889. The molecular weight excluding hydrogens is 322 g/mol. The highest BCUT2D eigenvalue weighted by molar-refractivity contribution is 5.95. The fourth-order valence-electron chi connectivity index (χ4n) is 3.09. The summed E-state index contributed by atoms with van der Waals surface area (Å²) in [5.41, 5.74) is 1.31. The summed E-state index contributed by atoms with van der Waals surface area (Å²) in [5, 5.41) is 18.0. The highest BCUT2D eigenvalue weighted by Gasteiger charge is 2.39. The highest BCUT2D eigenvalue weighted by Crippen LogP contribution is 2.32. The predicted octanol–water partition coefficient (Wildman–Crippen LogP) is 1.51. The molecule has 1 saturated heterocycles. The number of benzene rings is 1. The number of hydrogen-bond acceptors (Lipinski definition) is 6. The second-order valence-corrected chi connectivity index (χ2v) is 6.04. The Morgan fingerprint density at radius 3 is 2.96 bits per heavy atom. The lowest BCUT2D eigenvalue weighted by Crippen LogP contribution is -2.32. The fraction of sp³-hybridized carbons (Fsp3) is 0.294. The van der Waals surface area contributed by atoms with Crippen LogP contribution in [0.2, 0.25) is 0 Å². The Morgan fingerprint density at radius 2 is 2.24 bits per heavy atom. The minimum absolute atomic E-state index is 0.189. The van der Waals surface area contributed by atoms with Gasteiger partial charge >= 0.3 is 0 Å². The van der Waals surface area contributed by atoms with E-state index in [4.69, 9.17) is 4.52 Å². The van der Waals surface area contributed by atoms with E-state index in [2.05, 4.69) is 15.2 Å². The van der Waals surface area contributed by atoms with Gasteiger partial charge in [0.05, 0.1) is 11.8 Å². The molecule has 4 rings (SSSR count). The van der Waals surface area contributed by atoms with E-state index in [1.165, 1.54) is 0 Å². The molecule has 1 aromatic carbocycles. The average Bonchev–Trinajstić information content (AvgIpc) is 3.35. The van der Waals surface area contributed by atoms with E-state index in [0.29, 0.717) is 23.7 Å². The van der Waals surface area contributed by atoms with Gasteiger partial charge < -0.3 is 14.5 Å². The molecule has 8 nitrogen and oxygen atoms in total. The SMILES string of the molecule is Cc1noc([C@H]2C[C@@H](O)CN2C(=O)c2cccc(-n3cccn3)c2)n1. The Balaban J connectivity index is 1.64. The molecule has 3 aromatic rings. The number of amides is 1. The maximum Gasteiger partial charge on any atom is 0.254 e. The molecule has 1 fully saturated rings. The van der Waals surface area contributed by atoms with Crippen LogP contribution in [0.3, 0.4) is 0 Å². The summed E-state index contributed by atoms with van der Waals surface area (Å²) in [7, 11) is 0. The van der Waals surface area contributed by atoms with Crippen molar-refractivity contribution < 1.29 is 14.4 Å². The van der Waals surface area contributed by atoms with Crippen LogP contribution in [0, 0.1) is 6.92 Å². The largest absolute Gasteiger partial charge is 0.391 e. The zero-order chi connectivity index (χ0) is 17.4. The van der Waals surface area contributed by atoms with Crippen LogP contribution in [0.5, 0.6) is 0 Å². The second kappa shape index (κ2) is 6.14. The third-order valence-corrected chi connectivity index (χ3v) is 4.23. The smallest absolute Gasteiger partial charge is 0.254 e. The molecule has 0 unspecified atom stereocenters. The van der Waals surface area contributed by atoms with Crippen LogP contribution in [0.25, 0.3) is 5.69 Å². The van der Waals surface area contributed by atoms with Crippen LogP contribution in [-0.2, 0) is 0 Å². The molecule has 1 N–H and O–H groups in total. The number of aryl methyl sites for hydroxylation is 1. The van der Waals surface area contributed by atoms with Crippen molar-refractivity contribution in [2.75, 3.05) is 6.54 Å². The van der Waals surface area contributed by atoms with E-state index >= 15 is 0 Å². The first-order valence-electron chi connectivity index (χ1n) is 8.01. The van der Waals surface area contributed by atoms with Crippen molar-refractivity contribution in [2.45, 2.75) is 25.5 Å². The number of β-amino-alcohol motifs (C(OH)–C–C–N with tert-alkyl or cyclic N) is 1. The van der Waals surface area contributed by atoms with E-state index in [-0.39, 0.29) is 12.5 Å². The van der Waals surface area contributed by atoms with Gasteiger partial charge in [-0.25, -0.2) is 4.68 Å². The van der Waals surface area contributed by atoms with Gasteiger partial charge in [-0.2, -0.15) is 10.1 Å². The molecule has 8 heteroatoms. The topological polar surface area (TPSA) is 97.3 Å². The molecule has 0 aliphatic carbocycles. The number of carbonyl (C=O) groups excluding carboxylic acids is 1. The number of aromatic nitrogens is 4. The normalized spacial score (nSPS) is 20.2. The number of nitrogens with zero attached hydrogens (tertiary/aromatic N) is 5. The fourth-order valence-corrected chi connectivity index (χ4v) is 3.09. The van der Waals surface area contributed by atoms with Crippen molar-refractivity contribution in [3.63, 3.8) is 0 Å². The summed E-state index contributed by atoms with van der Waals surface area (Å²) in [6, 6.07) is 8.60. The van der Waals surface area contributed by atoms with E-state index in [0.717, 1.165) is 5.69 Å². The third-order valence-electron chi connectivity index (χ3n) is 4.23. The Kier molecular flexibility index (Phi) is 3.81. The summed E-state index contributed by atoms with van der Waals surface area (Å²) < 4.78 is 6.90. The Labute approximate surface area is 143 Å². The number of aliphatic hydroxyl groups is 1. The van der Waals surface area contributed by atoms with E-state index in [1.807, 2.05) is 24.4 Å². The first-order valence-corrected chi connectivity index (χ1v) is 8.01. The monoisotopic (exact) mass is 339 g/mol. The van der Waals surface area contributed by atoms with Crippen molar-refractivity contribution in [2.24, 2.45) is 0 Å². The van der Waals surface area contributed by atoms with E-state index in [9.17, 15) is 9.90 Å². The van der Waals surface area contributed by atoms with Gasteiger partial charge in [0, 0.05) is 30.9 Å². The van der Waals surface area contributed by atoms with Gasteiger partial charge in [-0.3, -0.25) is 4.79 Å². The summed E-state index contributed by atoms with van der Waals surface area (Å²) >= 11 is 0. The lowest BCUT2D eigenvalue weighted by molar-refractivity contribution is 0.0693. The van der Waals surface area contributed by atoms with Crippen molar-refractivity contribution in [3.05, 3.63) is 60.0 Å². The van der Waals surface area contributed by atoms with Crippen LogP contribution < -0.4 is 0 Å². The quantitative estimate of drug-likeness (QED) is 0.777. The molecule has 0 spiro atoms. The third kappa shape index (κ3) is 2.91. The van der Waals surface area contributed by atoms with Gasteiger partial charge in [-0.05, 0) is 31.2 Å². The molecule has 0 saturated carbocycles. The van der Waals surface area contributed by atoms with Crippen molar-refractivity contribution in [3.8, 4) is 5.69 Å². The van der Waals surface area contributed by atoms with Gasteiger partial charge in [-0.15, -0.1) is 0 Å². The number of carbonyl (C=O) groups is 1. The van der Waals surface area contributed by atoms with E-state index < -0.39 is 12.1 Å². The summed E-state index contributed by atoms with van der Waals surface area (Å²) in [6.07, 6.45) is 3.26. The van der Waals surface area contributed by atoms with Gasteiger partial charge in [0.2, 0.25) is 5.89 Å². The van der Waals surface area contributed by atoms with Crippen LogP contribution in [0.4, 0.5) is 0 Å². The van der Waals surface area contributed by atoms with Gasteiger partial charge in [-0.1, -0.05) is 11.2 Å². The van der Waals surface area contributed by atoms with Crippen LogP contribution in [0.15, 0.2) is 47.2 Å². The Hall–Kier alpha value is -3.00. The minimum Gasteiger partial charge on any atom is -0.391 e. The number of likely N-dealkylation sites (tertiary alicyclic amines) is 1. The molecule has 0 radical (unpaired) electrons. The first-order chi connectivity index (χ1) is 12.1. The summed E-state index contributed by atoms with van der Waals surface area (Å²) in [5.74, 6) is 0.668. The molecule has 2 atom stereocenters. The maximum atomic E-state index is 13.0. The highest BCUT2D eigenvalue weighted by atomic mass is 16.5. The maximum absolute atomic E-state index is 13.0. The van der Waals surface area contributed by atoms with Crippen molar-refractivity contribution >= 4 is 5.91 Å². The molecule has 1 amide bonds. The average molecular weight is 339 g/mol. The Morgan fingerprint density at radius 1 is 1.36 bits per heavy atom. The lowest BCUT2D eigenvalue weighted by atomic mass is 10.1. The van der Waals surface area contributed by atoms with Crippen molar-refractivity contribution in [1.82, 2.24) is 24.8 Å². The van der Waals surface area contributed by atoms with Crippen molar-refractivity contribution in [1.29, 1.82) is 0 Å². The zero-order valence-electron chi connectivity index (χ0n) is 13.6. The molecule has 2 aromatic heterocycles. The van der Waals surface area contributed by atoms with Crippen LogP contribution >= 0.6 is 0 Å². The minimum atomic E-state index is -0.615. The lowest BCUT2D eigenvalue weighted by Gasteiger charge is -2.21. The molecular formula is C17H17N5O3. The predicted molar refractivity (Wildman–Crippen MR) is 87.0 cm³/mol. The van der Waals surface area contributed by atoms with Gasteiger partial charge in [0.15, 0.2) is 5.82 Å². The molecule has 25 heavy (non-hydrogen) atoms. The summed E-state index contributed by atoms with van der Waals surface area (Å²) in [4.78, 5) is 18.8. The first kappa shape index (κ1) is 15.5. The van der Waals surface area contributed by atoms with Crippen LogP contribution in [-0.4, -0.2) is 48.5 Å². The number of hydrogen-bond donors (Lipinski definition) is 1. The standard InChI is InChI=1S/C17H17N5O3/c1-11-19-16(25-20-11)15-9-14(23)10-21(15)17(24)12-4-2-5-13(8-12)22-7-3-6-18-22/h2-8,14-15,23H,9-10H2,1H3/t14-,15-/m1/s1. The zero-order valence-corrected chi connectivity index (χ0v) is 13.6. The number of aliphatic hydroxyl groups excluding tert-OH is 1.